The van der Waals surface area contributed by atoms with Crippen molar-refractivity contribution in [2.75, 3.05) is 13.1 Å². The average molecular weight is 384 g/mol. The standard InChI is InChI=1S/C19H29NO5S/c1-14(2)24-15-6-8-16(9-7-15)26(22,23)17-10-12-20(13-11-17)18(21)25-19(3,4)5/h6-9,14,17H,10-13H2,1-5H3. The number of piperidine rings is 1. The fourth-order valence-electron chi connectivity index (χ4n) is 2.85. The van der Waals surface area contributed by atoms with Gasteiger partial charge in [0, 0.05) is 13.1 Å². The number of likely N-dealkylation sites (tertiary alicyclic amines) is 1. The van der Waals surface area contributed by atoms with Gasteiger partial charge in [-0.1, -0.05) is 0 Å². The Kier molecular flexibility index (Phi) is 6.21. The molecule has 0 spiro atoms. The minimum absolute atomic E-state index is 0.0367. The van der Waals surface area contributed by atoms with Crippen molar-refractivity contribution in [3.8, 4) is 5.75 Å². The highest BCUT2D eigenvalue weighted by Gasteiger charge is 2.34. The second kappa shape index (κ2) is 7.86. The summed E-state index contributed by atoms with van der Waals surface area (Å²) in [6.07, 6.45) is 0.468. The Balaban J connectivity index is 2.00. The summed E-state index contributed by atoms with van der Waals surface area (Å²) in [4.78, 5) is 14.0. The molecule has 0 saturated carbocycles. The average Bonchev–Trinajstić information content (AvgIpc) is 2.53. The number of carbonyl (C=O) groups excluding carboxylic acids is 1. The van der Waals surface area contributed by atoms with Crippen molar-refractivity contribution in [1.29, 1.82) is 0 Å². The van der Waals surface area contributed by atoms with Crippen LogP contribution in [0.5, 0.6) is 5.75 Å². The van der Waals surface area contributed by atoms with Gasteiger partial charge in [-0.2, -0.15) is 0 Å². The van der Waals surface area contributed by atoms with Crippen LogP contribution in [0.15, 0.2) is 29.2 Å². The summed E-state index contributed by atoms with van der Waals surface area (Å²) in [6.45, 7) is 10.0. The smallest absolute Gasteiger partial charge is 0.410 e. The van der Waals surface area contributed by atoms with E-state index in [0.29, 0.717) is 36.6 Å². The zero-order valence-corrected chi connectivity index (χ0v) is 17.0. The molecule has 0 aliphatic carbocycles. The van der Waals surface area contributed by atoms with Gasteiger partial charge in [-0.25, -0.2) is 13.2 Å². The van der Waals surface area contributed by atoms with Gasteiger partial charge in [-0.05, 0) is 71.7 Å². The Morgan fingerprint density at radius 1 is 1.12 bits per heavy atom. The molecule has 1 amide bonds. The Hall–Kier alpha value is -1.76. The third-order valence-electron chi connectivity index (χ3n) is 4.06. The Morgan fingerprint density at radius 2 is 1.65 bits per heavy atom. The molecule has 7 heteroatoms. The molecule has 146 valence electrons. The highest BCUT2D eigenvalue weighted by molar-refractivity contribution is 7.92. The van der Waals surface area contributed by atoms with E-state index in [4.69, 9.17) is 9.47 Å². The molecule has 0 aromatic heterocycles. The van der Waals surface area contributed by atoms with Gasteiger partial charge in [0.15, 0.2) is 9.84 Å². The van der Waals surface area contributed by atoms with Crippen molar-refractivity contribution in [3.05, 3.63) is 24.3 Å². The summed E-state index contributed by atoms with van der Waals surface area (Å²) >= 11 is 0. The maximum atomic E-state index is 12.9. The van der Waals surface area contributed by atoms with E-state index in [2.05, 4.69) is 0 Å². The molecule has 1 aromatic rings. The summed E-state index contributed by atoms with van der Waals surface area (Å²) in [6, 6.07) is 6.55. The third-order valence-corrected chi connectivity index (χ3v) is 6.33. The largest absolute Gasteiger partial charge is 0.491 e. The fourth-order valence-corrected chi connectivity index (χ4v) is 4.58. The molecule has 1 fully saturated rings. The fraction of sp³-hybridized carbons (Fsp3) is 0.632. The number of nitrogens with zero attached hydrogens (tertiary/aromatic N) is 1. The Morgan fingerprint density at radius 3 is 2.12 bits per heavy atom. The normalized spacial score (nSPS) is 16.6. The van der Waals surface area contributed by atoms with Crippen molar-refractivity contribution in [3.63, 3.8) is 0 Å². The van der Waals surface area contributed by atoms with E-state index in [9.17, 15) is 13.2 Å². The zero-order chi connectivity index (χ0) is 19.5. The SMILES string of the molecule is CC(C)Oc1ccc(S(=O)(=O)C2CCN(C(=O)OC(C)(C)C)CC2)cc1. The second-order valence-electron chi connectivity index (χ2n) is 7.85. The molecule has 1 aromatic carbocycles. The quantitative estimate of drug-likeness (QED) is 0.793. The topological polar surface area (TPSA) is 72.9 Å². The lowest BCUT2D eigenvalue weighted by atomic mass is 10.1. The molecule has 1 saturated heterocycles. The molecule has 1 heterocycles. The minimum atomic E-state index is -3.43. The van der Waals surface area contributed by atoms with Crippen LogP contribution in [-0.4, -0.2) is 49.5 Å². The first-order valence-corrected chi connectivity index (χ1v) is 10.5. The van der Waals surface area contributed by atoms with E-state index >= 15 is 0 Å². The molecule has 0 N–H and O–H groups in total. The van der Waals surface area contributed by atoms with Crippen LogP contribution in [0.3, 0.4) is 0 Å². The van der Waals surface area contributed by atoms with Crippen LogP contribution in [0.4, 0.5) is 4.79 Å². The third kappa shape index (κ3) is 5.37. The molecule has 0 atom stereocenters. The summed E-state index contributed by atoms with van der Waals surface area (Å²) in [5.74, 6) is 0.652. The molecule has 0 radical (unpaired) electrons. The monoisotopic (exact) mass is 383 g/mol. The van der Waals surface area contributed by atoms with Crippen molar-refractivity contribution < 1.29 is 22.7 Å². The van der Waals surface area contributed by atoms with E-state index in [-0.39, 0.29) is 12.2 Å². The molecule has 26 heavy (non-hydrogen) atoms. The molecule has 0 bridgehead atoms. The summed E-state index contributed by atoms with van der Waals surface area (Å²) < 4.78 is 36.6. The van der Waals surface area contributed by atoms with Gasteiger partial charge < -0.3 is 14.4 Å². The molecule has 1 aliphatic rings. The van der Waals surface area contributed by atoms with Gasteiger partial charge in [0.25, 0.3) is 0 Å². The molecule has 6 nitrogen and oxygen atoms in total. The predicted octanol–water partition coefficient (Wildman–Crippen LogP) is 3.65. The first-order valence-electron chi connectivity index (χ1n) is 8.97. The lowest BCUT2D eigenvalue weighted by molar-refractivity contribution is 0.0217. The van der Waals surface area contributed by atoms with Crippen LogP contribution in [0.25, 0.3) is 0 Å². The molecular formula is C19H29NO5S. The van der Waals surface area contributed by atoms with Crippen molar-refractivity contribution in [2.45, 2.75) is 69.3 Å². The van der Waals surface area contributed by atoms with Crippen LogP contribution in [-0.2, 0) is 14.6 Å². The van der Waals surface area contributed by atoms with Crippen LogP contribution in [0.2, 0.25) is 0 Å². The highest BCUT2D eigenvalue weighted by Crippen LogP contribution is 2.27. The number of rotatable bonds is 4. The van der Waals surface area contributed by atoms with Gasteiger partial charge in [-0.15, -0.1) is 0 Å². The summed E-state index contributed by atoms with van der Waals surface area (Å²) in [5, 5.41) is -0.488. The maximum Gasteiger partial charge on any atom is 0.410 e. The van der Waals surface area contributed by atoms with E-state index in [1.54, 1.807) is 29.2 Å². The number of hydrogen-bond donors (Lipinski definition) is 0. The molecular weight excluding hydrogens is 354 g/mol. The van der Waals surface area contributed by atoms with Crippen molar-refractivity contribution in [2.24, 2.45) is 0 Å². The van der Waals surface area contributed by atoms with E-state index in [1.807, 2.05) is 34.6 Å². The van der Waals surface area contributed by atoms with Crippen molar-refractivity contribution >= 4 is 15.9 Å². The van der Waals surface area contributed by atoms with Gasteiger partial charge in [0.2, 0.25) is 0 Å². The number of ether oxygens (including phenoxy) is 2. The lowest BCUT2D eigenvalue weighted by Gasteiger charge is -2.33. The van der Waals surface area contributed by atoms with Crippen LogP contribution in [0.1, 0.15) is 47.5 Å². The Labute approximate surface area is 156 Å². The van der Waals surface area contributed by atoms with Crippen LogP contribution >= 0.6 is 0 Å². The van der Waals surface area contributed by atoms with Crippen LogP contribution < -0.4 is 4.74 Å². The number of amides is 1. The first-order chi connectivity index (χ1) is 12.0. The van der Waals surface area contributed by atoms with Crippen molar-refractivity contribution in [1.82, 2.24) is 4.90 Å². The summed E-state index contributed by atoms with van der Waals surface area (Å²) in [5.41, 5.74) is -0.556. The number of carbonyl (C=O) groups is 1. The van der Waals surface area contributed by atoms with Gasteiger partial charge >= 0.3 is 6.09 Å². The minimum Gasteiger partial charge on any atom is -0.491 e. The Bertz CT molecular complexity index is 711. The van der Waals surface area contributed by atoms with Gasteiger partial charge in [-0.3, -0.25) is 0 Å². The maximum absolute atomic E-state index is 12.9. The second-order valence-corrected chi connectivity index (χ2v) is 10.1. The van der Waals surface area contributed by atoms with E-state index in [1.165, 1.54) is 0 Å². The molecule has 0 unspecified atom stereocenters. The lowest BCUT2D eigenvalue weighted by Crippen LogP contribution is -2.44. The highest BCUT2D eigenvalue weighted by atomic mass is 32.2. The van der Waals surface area contributed by atoms with E-state index in [0.717, 1.165) is 0 Å². The van der Waals surface area contributed by atoms with Gasteiger partial charge in [0.1, 0.15) is 11.4 Å². The predicted molar refractivity (Wildman–Crippen MR) is 100 cm³/mol. The van der Waals surface area contributed by atoms with Crippen LogP contribution in [0, 0.1) is 0 Å². The number of hydrogen-bond acceptors (Lipinski definition) is 5. The number of benzene rings is 1. The summed E-state index contributed by atoms with van der Waals surface area (Å²) in [7, 11) is -3.43. The first kappa shape index (κ1) is 20.6. The molecule has 1 aliphatic heterocycles. The van der Waals surface area contributed by atoms with E-state index < -0.39 is 20.7 Å². The number of sulfone groups is 1. The molecule has 2 rings (SSSR count). The zero-order valence-electron chi connectivity index (χ0n) is 16.2. The van der Waals surface area contributed by atoms with Gasteiger partial charge in [0.05, 0.1) is 16.2 Å².